The highest BCUT2D eigenvalue weighted by Crippen LogP contribution is 2.30. The van der Waals surface area contributed by atoms with Crippen LogP contribution < -0.4 is 0 Å². The number of benzene rings is 1. The summed E-state index contributed by atoms with van der Waals surface area (Å²) in [5.41, 5.74) is 1.91. The van der Waals surface area contributed by atoms with E-state index in [0.29, 0.717) is 17.7 Å². The molecule has 0 bridgehead atoms. The van der Waals surface area contributed by atoms with Crippen molar-refractivity contribution in [2.45, 2.75) is 26.3 Å². The van der Waals surface area contributed by atoms with E-state index in [1.165, 1.54) is 12.8 Å². The van der Waals surface area contributed by atoms with E-state index in [0.717, 1.165) is 18.2 Å². The van der Waals surface area contributed by atoms with E-state index < -0.39 is 0 Å². The second kappa shape index (κ2) is 7.25. The molecule has 1 aromatic heterocycles. The van der Waals surface area contributed by atoms with Gasteiger partial charge in [0.25, 0.3) is 0 Å². The van der Waals surface area contributed by atoms with E-state index >= 15 is 0 Å². The van der Waals surface area contributed by atoms with Gasteiger partial charge in [-0.1, -0.05) is 12.1 Å². The third-order valence-electron chi connectivity index (χ3n) is 3.96. The summed E-state index contributed by atoms with van der Waals surface area (Å²) >= 11 is 0. The van der Waals surface area contributed by atoms with Crippen LogP contribution in [0.5, 0.6) is 0 Å². The van der Waals surface area contributed by atoms with Gasteiger partial charge in [0.2, 0.25) is 0 Å². The highest BCUT2D eigenvalue weighted by molar-refractivity contribution is 6.07. The number of rotatable bonds is 7. The number of hydrogen-bond donors (Lipinski definition) is 0. The van der Waals surface area contributed by atoms with Gasteiger partial charge in [0.15, 0.2) is 5.78 Å². The molecule has 0 spiro atoms. The molecule has 0 saturated heterocycles. The Hall–Kier alpha value is -2.69. The third kappa shape index (κ3) is 3.98. The number of hydrogen-bond acceptors (Lipinski definition) is 4. The number of esters is 1. The van der Waals surface area contributed by atoms with E-state index in [-0.39, 0.29) is 11.8 Å². The van der Waals surface area contributed by atoms with Crippen molar-refractivity contribution in [1.82, 2.24) is 9.78 Å². The van der Waals surface area contributed by atoms with E-state index in [1.807, 2.05) is 10.7 Å². The number of ether oxygens (including phenoxy) is 1. The fourth-order valence-electron chi connectivity index (χ4n) is 2.42. The zero-order valence-corrected chi connectivity index (χ0v) is 13.6. The quantitative estimate of drug-likeness (QED) is 0.445. The molecule has 0 amide bonds. The summed E-state index contributed by atoms with van der Waals surface area (Å²) in [5, 5.41) is 4.30. The lowest BCUT2D eigenvalue weighted by Crippen LogP contribution is -2.05. The highest BCUT2D eigenvalue weighted by Gasteiger charge is 2.22. The second-order valence-electron chi connectivity index (χ2n) is 5.88. The van der Waals surface area contributed by atoms with Crippen LogP contribution in [0.1, 0.15) is 46.2 Å². The summed E-state index contributed by atoms with van der Waals surface area (Å²) in [6.45, 7) is 3.00. The summed E-state index contributed by atoms with van der Waals surface area (Å²) in [4.78, 5) is 23.9. The van der Waals surface area contributed by atoms with Gasteiger partial charge in [0, 0.05) is 18.3 Å². The van der Waals surface area contributed by atoms with Gasteiger partial charge in [-0.15, -0.1) is 0 Å². The molecule has 0 atom stereocenters. The number of nitrogens with zero attached hydrogens (tertiary/aromatic N) is 2. The molecule has 3 rings (SSSR count). The third-order valence-corrected chi connectivity index (χ3v) is 3.96. The molecule has 0 aliphatic heterocycles. The molecule has 0 unspecified atom stereocenters. The van der Waals surface area contributed by atoms with Crippen molar-refractivity contribution in [2.75, 3.05) is 6.61 Å². The minimum atomic E-state index is -0.379. The average Bonchev–Trinajstić information content (AvgIpc) is 3.30. The largest absolute Gasteiger partial charge is 0.462 e. The van der Waals surface area contributed by atoms with Crippen LogP contribution in [0.25, 0.3) is 6.08 Å². The summed E-state index contributed by atoms with van der Waals surface area (Å²) in [7, 11) is 0. The molecule has 1 heterocycles. The first-order chi connectivity index (χ1) is 11.7. The Labute approximate surface area is 140 Å². The molecule has 1 fully saturated rings. The molecule has 24 heavy (non-hydrogen) atoms. The SMILES string of the molecule is CCOC(=O)c1ccc(C(=O)/C=C/c2ccnn2CC2CC2)cc1. The first kappa shape index (κ1) is 16.2. The maximum absolute atomic E-state index is 12.3. The zero-order chi connectivity index (χ0) is 16.9. The summed E-state index contributed by atoms with van der Waals surface area (Å²) < 4.78 is 6.86. The number of carbonyl (C=O) groups excluding carboxylic acids is 2. The van der Waals surface area contributed by atoms with Crippen LogP contribution in [-0.4, -0.2) is 28.1 Å². The van der Waals surface area contributed by atoms with Crippen LogP contribution in [-0.2, 0) is 11.3 Å². The number of carbonyl (C=O) groups is 2. The van der Waals surface area contributed by atoms with Crippen LogP contribution in [0, 0.1) is 5.92 Å². The predicted molar refractivity (Wildman–Crippen MR) is 90.7 cm³/mol. The molecule has 5 nitrogen and oxygen atoms in total. The van der Waals surface area contributed by atoms with Gasteiger partial charge in [0.05, 0.1) is 17.9 Å². The molecule has 0 N–H and O–H groups in total. The van der Waals surface area contributed by atoms with Crippen molar-refractivity contribution in [3.63, 3.8) is 0 Å². The molecule has 1 aliphatic carbocycles. The van der Waals surface area contributed by atoms with E-state index in [1.54, 1.807) is 49.5 Å². The van der Waals surface area contributed by atoms with E-state index in [2.05, 4.69) is 5.10 Å². The number of ketones is 1. The van der Waals surface area contributed by atoms with Gasteiger partial charge < -0.3 is 4.74 Å². The molecule has 0 radical (unpaired) electrons. The Bertz CT molecular complexity index is 755. The summed E-state index contributed by atoms with van der Waals surface area (Å²) in [6, 6.07) is 8.39. The fourth-order valence-corrected chi connectivity index (χ4v) is 2.42. The Kier molecular flexibility index (Phi) is 4.89. The first-order valence-corrected chi connectivity index (χ1v) is 8.18. The Morgan fingerprint density at radius 1 is 1.21 bits per heavy atom. The van der Waals surface area contributed by atoms with Crippen LogP contribution >= 0.6 is 0 Å². The van der Waals surface area contributed by atoms with Crippen LogP contribution in [0.3, 0.4) is 0 Å². The number of allylic oxidation sites excluding steroid dienone is 1. The number of aromatic nitrogens is 2. The Morgan fingerprint density at radius 2 is 1.92 bits per heavy atom. The van der Waals surface area contributed by atoms with Crippen molar-refractivity contribution in [3.8, 4) is 0 Å². The van der Waals surface area contributed by atoms with Crippen molar-refractivity contribution in [2.24, 2.45) is 5.92 Å². The van der Waals surface area contributed by atoms with Gasteiger partial charge in [-0.05, 0) is 56.0 Å². The molecular weight excluding hydrogens is 304 g/mol. The van der Waals surface area contributed by atoms with Gasteiger partial charge in [-0.2, -0.15) is 5.10 Å². The maximum Gasteiger partial charge on any atom is 0.338 e. The fraction of sp³-hybridized carbons (Fsp3) is 0.316. The van der Waals surface area contributed by atoms with Crippen LogP contribution in [0.4, 0.5) is 0 Å². The summed E-state index contributed by atoms with van der Waals surface area (Å²) in [6.07, 6.45) is 7.60. The van der Waals surface area contributed by atoms with Crippen molar-refractivity contribution in [3.05, 3.63) is 59.4 Å². The van der Waals surface area contributed by atoms with Gasteiger partial charge >= 0.3 is 5.97 Å². The average molecular weight is 324 g/mol. The standard InChI is InChI=1S/C19H20N2O3/c1-2-24-19(23)16-7-5-15(6-8-16)18(22)10-9-17-11-12-20-21(17)13-14-3-4-14/h5-12,14H,2-4,13H2,1H3/b10-9+. The topological polar surface area (TPSA) is 61.2 Å². The predicted octanol–water partition coefficient (Wildman–Crippen LogP) is 3.37. The minimum absolute atomic E-state index is 0.107. The van der Waals surface area contributed by atoms with E-state index in [4.69, 9.17) is 4.74 Å². The normalized spacial score (nSPS) is 14.0. The smallest absolute Gasteiger partial charge is 0.338 e. The molecule has 1 aromatic carbocycles. The minimum Gasteiger partial charge on any atom is -0.462 e. The van der Waals surface area contributed by atoms with Crippen LogP contribution in [0.15, 0.2) is 42.6 Å². The van der Waals surface area contributed by atoms with E-state index in [9.17, 15) is 9.59 Å². The zero-order valence-electron chi connectivity index (χ0n) is 13.6. The Morgan fingerprint density at radius 3 is 2.58 bits per heavy atom. The Balaban J connectivity index is 1.66. The molecular formula is C19H20N2O3. The molecule has 124 valence electrons. The first-order valence-electron chi connectivity index (χ1n) is 8.18. The van der Waals surface area contributed by atoms with Gasteiger partial charge in [0.1, 0.15) is 0 Å². The lowest BCUT2D eigenvalue weighted by Gasteiger charge is -2.03. The summed E-state index contributed by atoms with van der Waals surface area (Å²) in [5.74, 6) is 0.240. The van der Waals surface area contributed by atoms with Gasteiger partial charge in [-0.3, -0.25) is 9.48 Å². The monoisotopic (exact) mass is 324 g/mol. The van der Waals surface area contributed by atoms with Crippen molar-refractivity contribution < 1.29 is 14.3 Å². The lowest BCUT2D eigenvalue weighted by molar-refractivity contribution is 0.0526. The van der Waals surface area contributed by atoms with Crippen LogP contribution in [0.2, 0.25) is 0 Å². The van der Waals surface area contributed by atoms with Crippen molar-refractivity contribution in [1.29, 1.82) is 0 Å². The van der Waals surface area contributed by atoms with Crippen molar-refractivity contribution >= 4 is 17.8 Å². The maximum atomic E-state index is 12.3. The molecule has 1 aliphatic rings. The van der Waals surface area contributed by atoms with Gasteiger partial charge in [-0.25, -0.2) is 4.79 Å². The lowest BCUT2D eigenvalue weighted by atomic mass is 10.1. The second-order valence-corrected chi connectivity index (χ2v) is 5.88. The molecule has 1 saturated carbocycles. The molecule has 2 aromatic rings. The highest BCUT2D eigenvalue weighted by atomic mass is 16.5. The molecule has 5 heteroatoms.